The van der Waals surface area contributed by atoms with E-state index in [1.54, 1.807) is 24.3 Å². The SMILES string of the molecule is CCCNC(=O)C1C(=O)c2ccccc2C1=O. The van der Waals surface area contributed by atoms with Crippen molar-refractivity contribution in [2.75, 3.05) is 6.54 Å². The normalized spacial score (nSPS) is 14.9. The largest absolute Gasteiger partial charge is 0.355 e. The minimum absolute atomic E-state index is 0.356. The fourth-order valence-electron chi connectivity index (χ4n) is 1.93. The number of nitrogens with one attached hydrogen (secondary N) is 1. The molecule has 0 aromatic heterocycles. The van der Waals surface area contributed by atoms with Crippen LogP contribution in [-0.2, 0) is 4.79 Å². The predicted octanol–water partition coefficient (Wildman–Crippen LogP) is 1.21. The molecule has 0 fully saturated rings. The number of fused-ring (bicyclic) bond motifs is 1. The summed E-state index contributed by atoms with van der Waals surface area (Å²) in [7, 11) is 0. The number of Topliss-reactive ketones (excluding diaryl/α,β-unsaturated/α-hetero) is 2. The molecule has 4 heteroatoms. The minimum atomic E-state index is -1.18. The van der Waals surface area contributed by atoms with Gasteiger partial charge < -0.3 is 5.32 Å². The Hall–Kier alpha value is -1.97. The van der Waals surface area contributed by atoms with Gasteiger partial charge >= 0.3 is 0 Å². The molecule has 1 amide bonds. The van der Waals surface area contributed by atoms with E-state index in [0.29, 0.717) is 17.7 Å². The molecule has 0 heterocycles. The Morgan fingerprint density at radius 3 is 2.18 bits per heavy atom. The van der Waals surface area contributed by atoms with Gasteiger partial charge in [0.05, 0.1) is 0 Å². The average molecular weight is 231 g/mol. The molecule has 0 atom stereocenters. The van der Waals surface area contributed by atoms with Crippen molar-refractivity contribution in [1.82, 2.24) is 5.32 Å². The van der Waals surface area contributed by atoms with E-state index in [-0.39, 0.29) is 11.6 Å². The Kier molecular flexibility index (Phi) is 3.04. The second-order valence-corrected chi connectivity index (χ2v) is 4.00. The molecule has 88 valence electrons. The fraction of sp³-hybridized carbons (Fsp3) is 0.308. The second-order valence-electron chi connectivity index (χ2n) is 4.00. The standard InChI is InChI=1S/C13H13NO3/c1-2-7-14-13(17)10-11(15)8-5-3-4-6-9(8)12(10)16/h3-6,10H,2,7H2,1H3,(H,14,17). The summed E-state index contributed by atoms with van der Waals surface area (Å²) < 4.78 is 0. The molecule has 0 aliphatic heterocycles. The summed E-state index contributed by atoms with van der Waals surface area (Å²) in [5.74, 6) is -2.45. The third kappa shape index (κ3) is 1.86. The zero-order valence-corrected chi connectivity index (χ0v) is 9.53. The molecule has 0 saturated carbocycles. The van der Waals surface area contributed by atoms with Crippen LogP contribution in [0.3, 0.4) is 0 Å². The lowest BCUT2D eigenvalue weighted by Crippen LogP contribution is -2.37. The van der Waals surface area contributed by atoms with Crippen LogP contribution >= 0.6 is 0 Å². The van der Waals surface area contributed by atoms with Gasteiger partial charge in [0.25, 0.3) is 0 Å². The third-order valence-corrected chi connectivity index (χ3v) is 2.79. The van der Waals surface area contributed by atoms with Crippen LogP contribution in [-0.4, -0.2) is 24.0 Å². The van der Waals surface area contributed by atoms with Gasteiger partial charge in [0.1, 0.15) is 0 Å². The molecule has 0 saturated heterocycles. The monoisotopic (exact) mass is 231 g/mol. The first kappa shape index (κ1) is 11.5. The molecule has 1 N–H and O–H groups in total. The summed E-state index contributed by atoms with van der Waals surface area (Å²) in [6, 6.07) is 6.55. The fourth-order valence-corrected chi connectivity index (χ4v) is 1.93. The maximum Gasteiger partial charge on any atom is 0.238 e. The highest BCUT2D eigenvalue weighted by Crippen LogP contribution is 2.26. The predicted molar refractivity (Wildman–Crippen MR) is 61.9 cm³/mol. The molecule has 0 radical (unpaired) electrons. The molecule has 1 aromatic carbocycles. The van der Waals surface area contributed by atoms with Gasteiger partial charge in [-0.2, -0.15) is 0 Å². The van der Waals surface area contributed by atoms with E-state index < -0.39 is 11.8 Å². The molecule has 0 spiro atoms. The van der Waals surface area contributed by atoms with Crippen LogP contribution in [0, 0.1) is 5.92 Å². The molecular weight excluding hydrogens is 218 g/mol. The molecule has 2 rings (SSSR count). The van der Waals surface area contributed by atoms with Crippen molar-refractivity contribution < 1.29 is 14.4 Å². The van der Waals surface area contributed by atoms with E-state index in [0.717, 1.165) is 6.42 Å². The Balaban J connectivity index is 2.27. The maximum absolute atomic E-state index is 11.9. The van der Waals surface area contributed by atoms with Crippen LogP contribution < -0.4 is 5.32 Å². The molecular formula is C13H13NO3. The molecule has 0 unspecified atom stereocenters. The van der Waals surface area contributed by atoms with Crippen LogP contribution in [0.4, 0.5) is 0 Å². The van der Waals surface area contributed by atoms with Gasteiger partial charge in [-0.3, -0.25) is 14.4 Å². The lowest BCUT2D eigenvalue weighted by Gasteiger charge is -2.07. The summed E-state index contributed by atoms with van der Waals surface area (Å²) in [6.07, 6.45) is 0.772. The van der Waals surface area contributed by atoms with E-state index in [2.05, 4.69) is 5.32 Å². The highest BCUT2D eigenvalue weighted by molar-refractivity contribution is 6.35. The summed E-state index contributed by atoms with van der Waals surface area (Å²) in [5.41, 5.74) is 0.711. The molecule has 17 heavy (non-hydrogen) atoms. The first-order valence-electron chi connectivity index (χ1n) is 5.62. The van der Waals surface area contributed by atoms with Crippen molar-refractivity contribution in [3.05, 3.63) is 35.4 Å². The second kappa shape index (κ2) is 4.49. The van der Waals surface area contributed by atoms with Gasteiger partial charge in [-0.15, -0.1) is 0 Å². The Morgan fingerprint density at radius 1 is 1.18 bits per heavy atom. The quantitative estimate of drug-likeness (QED) is 0.795. The first-order valence-corrected chi connectivity index (χ1v) is 5.62. The van der Waals surface area contributed by atoms with Gasteiger partial charge in [-0.25, -0.2) is 0 Å². The van der Waals surface area contributed by atoms with Crippen LogP contribution in [0.15, 0.2) is 24.3 Å². The molecule has 4 nitrogen and oxygen atoms in total. The number of hydrogen-bond donors (Lipinski definition) is 1. The lowest BCUT2D eigenvalue weighted by atomic mass is 10.0. The van der Waals surface area contributed by atoms with Crippen molar-refractivity contribution in [2.45, 2.75) is 13.3 Å². The Labute approximate surface area is 99.0 Å². The maximum atomic E-state index is 11.9. The van der Waals surface area contributed by atoms with Crippen LogP contribution in [0.2, 0.25) is 0 Å². The number of ketones is 2. The van der Waals surface area contributed by atoms with Crippen LogP contribution in [0.5, 0.6) is 0 Å². The number of carbonyl (C=O) groups is 3. The highest BCUT2D eigenvalue weighted by atomic mass is 16.2. The van der Waals surface area contributed by atoms with Crippen LogP contribution in [0.25, 0.3) is 0 Å². The third-order valence-electron chi connectivity index (χ3n) is 2.79. The van der Waals surface area contributed by atoms with Gasteiger partial charge in [0.15, 0.2) is 17.5 Å². The van der Waals surface area contributed by atoms with Crippen molar-refractivity contribution in [3.63, 3.8) is 0 Å². The van der Waals surface area contributed by atoms with Gasteiger partial charge in [0, 0.05) is 17.7 Å². The number of carbonyl (C=O) groups excluding carboxylic acids is 3. The topological polar surface area (TPSA) is 63.2 Å². The summed E-state index contributed by atoms with van der Waals surface area (Å²) in [6.45, 7) is 2.39. The lowest BCUT2D eigenvalue weighted by molar-refractivity contribution is -0.122. The summed E-state index contributed by atoms with van der Waals surface area (Å²) in [4.78, 5) is 35.6. The van der Waals surface area contributed by atoms with Crippen LogP contribution in [0.1, 0.15) is 34.1 Å². The molecule has 0 bridgehead atoms. The number of rotatable bonds is 3. The van der Waals surface area contributed by atoms with Crippen molar-refractivity contribution in [2.24, 2.45) is 5.92 Å². The zero-order valence-electron chi connectivity index (χ0n) is 9.53. The number of hydrogen-bond acceptors (Lipinski definition) is 3. The minimum Gasteiger partial charge on any atom is -0.355 e. The summed E-state index contributed by atoms with van der Waals surface area (Å²) in [5, 5.41) is 2.59. The Bertz CT molecular complexity index is 458. The van der Waals surface area contributed by atoms with Crippen molar-refractivity contribution in [3.8, 4) is 0 Å². The smallest absolute Gasteiger partial charge is 0.238 e. The van der Waals surface area contributed by atoms with E-state index in [1.165, 1.54) is 0 Å². The molecule has 1 aromatic rings. The van der Waals surface area contributed by atoms with E-state index >= 15 is 0 Å². The van der Waals surface area contributed by atoms with E-state index in [9.17, 15) is 14.4 Å². The Morgan fingerprint density at radius 2 is 1.71 bits per heavy atom. The van der Waals surface area contributed by atoms with Crippen molar-refractivity contribution in [1.29, 1.82) is 0 Å². The van der Waals surface area contributed by atoms with Gasteiger partial charge in [0.2, 0.25) is 5.91 Å². The van der Waals surface area contributed by atoms with E-state index in [4.69, 9.17) is 0 Å². The number of amides is 1. The van der Waals surface area contributed by atoms with Gasteiger partial charge in [-0.1, -0.05) is 31.2 Å². The van der Waals surface area contributed by atoms with Crippen molar-refractivity contribution >= 4 is 17.5 Å². The molecule has 1 aliphatic carbocycles. The van der Waals surface area contributed by atoms with Gasteiger partial charge in [-0.05, 0) is 6.42 Å². The first-order chi connectivity index (χ1) is 8.16. The zero-order chi connectivity index (χ0) is 12.4. The number of benzene rings is 1. The van der Waals surface area contributed by atoms with E-state index in [1.807, 2.05) is 6.92 Å². The summed E-state index contributed by atoms with van der Waals surface area (Å²) >= 11 is 0. The molecule has 1 aliphatic rings. The average Bonchev–Trinajstić information content (AvgIpc) is 2.60. The highest BCUT2D eigenvalue weighted by Gasteiger charge is 2.42.